The first kappa shape index (κ1) is 20.8. The number of carbonyl (C=O) groups is 1. The molecule has 1 fully saturated rings. The number of carbonyl (C=O) groups excluding carboxylic acids is 1. The first-order valence-corrected chi connectivity index (χ1v) is 10.3. The van der Waals surface area contributed by atoms with E-state index < -0.39 is 34.0 Å². The molecule has 1 aromatic carbocycles. The van der Waals surface area contributed by atoms with Crippen molar-refractivity contribution in [2.75, 3.05) is 0 Å². The molecule has 1 aromatic heterocycles. The average molecular weight is 414 g/mol. The van der Waals surface area contributed by atoms with E-state index in [0.717, 1.165) is 37.7 Å². The van der Waals surface area contributed by atoms with Crippen LogP contribution in [0.1, 0.15) is 79.3 Å². The predicted octanol–water partition coefficient (Wildman–Crippen LogP) is 7.26. The van der Waals surface area contributed by atoms with Crippen LogP contribution in [0.4, 0.5) is 17.6 Å². The van der Waals surface area contributed by atoms with Crippen molar-refractivity contribution in [2.45, 2.75) is 57.8 Å². The van der Waals surface area contributed by atoms with Crippen LogP contribution in [0.3, 0.4) is 0 Å². The zero-order valence-electron chi connectivity index (χ0n) is 15.5. The second-order valence-corrected chi connectivity index (χ2v) is 8.11. The van der Waals surface area contributed by atoms with Crippen LogP contribution in [0, 0.1) is 16.9 Å². The molecule has 0 unspecified atom stereocenters. The van der Waals surface area contributed by atoms with Gasteiger partial charge in [0.05, 0.1) is 5.56 Å². The Labute approximate surface area is 165 Å². The van der Waals surface area contributed by atoms with Crippen molar-refractivity contribution < 1.29 is 27.1 Å². The van der Waals surface area contributed by atoms with Gasteiger partial charge >= 0.3 is 5.97 Å². The number of rotatable bonds is 6. The molecule has 1 saturated carbocycles. The van der Waals surface area contributed by atoms with E-state index in [1.165, 1.54) is 6.42 Å². The summed E-state index contributed by atoms with van der Waals surface area (Å²) in [6.45, 7) is 2.17. The van der Waals surface area contributed by atoms with Crippen molar-refractivity contribution in [3.63, 3.8) is 0 Å². The third-order valence-corrected chi connectivity index (χ3v) is 6.23. The lowest BCUT2D eigenvalue weighted by molar-refractivity contribution is 0.0726. The van der Waals surface area contributed by atoms with Gasteiger partial charge in [-0.25, -0.2) is 18.0 Å². The summed E-state index contributed by atoms with van der Waals surface area (Å²) in [4.78, 5) is 12.6. The smallest absolute Gasteiger partial charge is 0.344 e. The Kier molecular flexibility index (Phi) is 6.75. The molecule has 1 aliphatic carbocycles. The van der Waals surface area contributed by atoms with Gasteiger partial charge in [-0.15, -0.1) is 0 Å². The number of benzene rings is 1. The van der Waals surface area contributed by atoms with Gasteiger partial charge in [0.1, 0.15) is 5.56 Å². The van der Waals surface area contributed by atoms with Gasteiger partial charge in [0, 0.05) is 0 Å². The van der Waals surface area contributed by atoms with E-state index in [1.54, 1.807) is 12.1 Å². The third-order valence-electron chi connectivity index (χ3n) is 5.38. The fourth-order valence-electron chi connectivity index (χ4n) is 3.99. The van der Waals surface area contributed by atoms with Gasteiger partial charge in [-0.3, -0.25) is 0 Å². The maximum Gasteiger partial charge on any atom is 0.344 e. The molecule has 152 valence electrons. The van der Waals surface area contributed by atoms with Crippen molar-refractivity contribution in [3.05, 3.63) is 51.9 Å². The van der Waals surface area contributed by atoms with E-state index in [2.05, 4.69) is 6.92 Å². The van der Waals surface area contributed by atoms with Crippen molar-refractivity contribution in [1.82, 2.24) is 0 Å². The molecule has 2 aromatic rings. The maximum absolute atomic E-state index is 13.6. The minimum Gasteiger partial charge on any atom is -0.411 e. The summed E-state index contributed by atoms with van der Waals surface area (Å²) in [5, 5.41) is -2.14. The quantitative estimate of drug-likeness (QED) is 0.367. The highest BCUT2D eigenvalue weighted by Gasteiger charge is 2.30. The van der Waals surface area contributed by atoms with Gasteiger partial charge in [-0.1, -0.05) is 49.3 Å². The normalized spacial score (nSPS) is 19.8. The molecular weight excluding hydrogens is 392 g/mol. The lowest BCUT2D eigenvalue weighted by Gasteiger charge is -2.29. The van der Waals surface area contributed by atoms with Gasteiger partial charge in [0.2, 0.25) is 5.13 Å². The molecule has 3 rings (SSSR count). The summed E-state index contributed by atoms with van der Waals surface area (Å²) in [7, 11) is 0. The van der Waals surface area contributed by atoms with E-state index >= 15 is 0 Å². The van der Waals surface area contributed by atoms with E-state index in [9.17, 15) is 22.4 Å². The topological polar surface area (TPSA) is 26.3 Å². The number of ether oxygens (including phenoxy) is 1. The van der Waals surface area contributed by atoms with Gasteiger partial charge in [-0.05, 0) is 49.1 Å². The molecule has 0 saturated heterocycles. The van der Waals surface area contributed by atoms with Crippen LogP contribution in [0.2, 0.25) is 0 Å². The molecule has 1 aliphatic rings. The Bertz CT molecular complexity index is 826. The first-order valence-electron chi connectivity index (χ1n) is 9.49. The second-order valence-electron chi connectivity index (χ2n) is 7.17. The number of hydrogen-bond acceptors (Lipinski definition) is 3. The standard InChI is InChI=1S/C21H22F4O2S/c1-2-5-12-8-10-13(11-9-12)14-6-3-4-7-15(14)20(26)27-21-16(18(23)24)17(22)19(25)28-21/h3-4,6-7,12-13,18H,2,5,8-11H2,1H3. The Morgan fingerprint density at radius 2 is 1.86 bits per heavy atom. The molecule has 0 spiro atoms. The summed E-state index contributed by atoms with van der Waals surface area (Å²) in [6.07, 6.45) is 3.13. The summed E-state index contributed by atoms with van der Waals surface area (Å²) in [6, 6.07) is 6.88. The Hall–Kier alpha value is -1.89. The fraction of sp³-hybridized carbons (Fsp3) is 0.476. The maximum atomic E-state index is 13.6. The molecule has 0 atom stereocenters. The minimum absolute atomic E-state index is 0.0748. The fourth-order valence-corrected chi connectivity index (χ4v) is 4.75. The van der Waals surface area contributed by atoms with Gasteiger partial charge in [0.25, 0.3) is 6.43 Å². The largest absolute Gasteiger partial charge is 0.411 e. The van der Waals surface area contributed by atoms with Crippen LogP contribution in [-0.2, 0) is 0 Å². The Balaban J connectivity index is 1.80. The first-order chi connectivity index (χ1) is 13.4. The highest BCUT2D eigenvalue weighted by Crippen LogP contribution is 2.41. The lowest BCUT2D eigenvalue weighted by atomic mass is 9.76. The Morgan fingerprint density at radius 3 is 2.50 bits per heavy atom. The minimum atomic E-state index is -3.27. The molecule has 7 heteroatoms. The second kappa shape index (κ2) is 9.07. The molecule has 0 bridgehead atoms. The number of halogens is 4. The number of alkyl halides is 2. The highest BCUT2D eigenvalue weighted by molar-refractivity contribution is 7.12. The van der Waals surface area contributed by atoms with Gasteiger partial charge < -0.3 is 4.74 Å². The molecular formula is C21H22F4O2S. The monoisotopic (exact) mass is 414 g/mol. The van der Waals surface area contributed by atoms with E-state index in [4.69, 9.17) is 4.74 Å². The summed E-state index contributed by atoms with van der Waals surface area (Å²) >= 11 is 0.0748. The number of hydrogen-bond donors (Lipinski definition) is 0. The molecule has 1 heterocycles. The summed E-state index contributed by atoms with van der Waals surface area (Å²) in [5.74, 6) is -1.64. The van der Waals surface area contributed by atoms with Crippen molar-refractivity contribution in [2.24, 2.45) is 5.92 Å². The van der Waals surface area contributed by atoms with Crippen LogP contribution in [0.15, 0.2) is 24.3 Å². The zero-order chi connectivity index (χ0) is 20.3. The van der Waals surface area contributed by atoms with Crippen molar-refractivity contribution >= 4 is 17.3 Å². The van der Waals surface area contributed by atoms with Crippen LogP contribution >= 0.6 is 11.3 Å². The van der Waals surface area contributed by atoms with E-state index in [1.807, 2.05) is 12.1 Å². The van der Waals surface area contributed by atoms with Gasteiger partial charge in [0.15, 0.2) is 10.9 Å². The Morgan fingerprint density at radius 1 is 1.18 bits per heavy atom. The number of esters is 1. The van der Waals surface area contributed by atoms with E-state index in [0.29, 0.717) is 5.92 Å². The summed E-state index contributed by atoms with van der Waals surface area (Å²) in [5.41, 5.74) is -0.136. The molecule has 28 heavy (non-hydrogen) atoms. The lowest BCUT2D eigenvalue weighted by Crippen LogP contribution is -2.18. The van der Waals surface area contributed by atoms with Crippen LogP contribution < -0.4 is 4.74 Å². The molecule has 0 amide bonds. The van der Waals surface area contributed by atoms with Crippen molar-refractivity contribution in [1.29, 1.82) is 0 Å². The zero-order valence-corrected chi connectivity index (χ0v) is 16.3. The third kappa shape index (κ3) is 4.40. The van der Waals surface area contributed by atoms with Gasteiger partial charge in [-0.2, -0.15) is 4.39 Å². The number of thiophene rings is 1. The van der Waals surface area contributed by atoms with Crippen LogP contribution in [0.5, 0.6) is 5.06 Å². The molecule has 0 aliphatic heterocycles. The molecule has 2 nitrogen and oxygen atoms in total. The predicted molar refractivity (Wildman–Crippen MR) is 100 cm³/mol. The van der Waals surface area contributed by atoms with Crippen LogP contribution in [-0.4, -0.2) is 5.97 Å². The molecule has 0 radical (unpaired) electrons. The van der Waals surface area contributed by atoms with Crippen LogP contribution in [0.25, 0.3) is 0 Å². The summed E-state index contributed by atoms with van der Waals surface area (Å²) < 4.78 is 58.0. The molecule has 0 N–H and O–H groups in total. The highest BCUT2D eigenvalue weighted by atomic mass is 32.1. The van der Waals surface area contributed by atoms with E-state index in [-0.39, 0.29) is 22.8 Å². The SMILES string of the molecule is CCCC1CCC(c2ccccc2C(=O)Oc2sc(F)c(F)c2C(F)F)CC1. The average Bonchev–Trinajstić information content (AvgIpc) is 2.96. The van der Waals surface area contributed by atoms with Crippen molar-refractivity contribution in [3.8, 4) is 5.06 Å².